The van der Waals surface area contributed by atoms with Crippen molar-refractivity contribution in [3.05, 3.63) is 22.4 Å². The van der Waals surface area contributed by atoms with E-state index in [2.05, 4.69) is 48.7 Å². The van der Waals surface area contributed by atoms with Gasteiger partial charge in [-0.15, -0.1) is 11.3 Å². The number of nitrogens with zero attached hydrogens (tertiary/aromatic N) is 1. The van der Waals surface area contributed by atoms with Crippen LogP contribution in [0, 0.1) is 5.92 Å². The lowest BCUT2D eigenvalue weighted by molar-refractivity contribution is 0.190. The molecule has 3 unspecified atom stereocenters. The highest BCUT2D eigenvalue weighted by Crippen LogP contribution is 2.28. The molecule has 1 saturated carbocycles. The Labute approximate surface area is 122 Å². The first-order valence-corrected chi connectivity index (χ1v) is 8.51. The molecule has 1 aromatic rings. The Morgan fingerprint density at radius 2 is 2.16 bits per heavy atom. The minimum absolute atomic E-state index is 0.542. The maximum absolute atomic E-state index is 3.55. The molecule has 2 nitrogen and oxygen atoms in total. The molecule has 2 rings (SSSR count). The lowest BCUT2D eigenvalue weighted by Gasteiger charge is -2.32. The summed E-state index contributed by atoms with van der Waals surface area (Å²) in [6.45, 7) is 3.54. The lowest BCUT2D eigenvalue weighted by atomic mass is 9.94. The van der Waals surface area contributed by atoms with Gasteiger partial charge in [-0.2, -0.15) is 0 Å². The fraction of sp³-hybridized carbons (Fsp3) is 0.750. The van der Waals surface area contributed by atoms with Crippen LogP contribution in [0.15, 0.2) is 17.5 Å². The van der Waals surface area contributed by atoms with Gasteiger partial charge in [-0.1, -0.05) is 25.3 Å². The molecule has 0 saturated heterocycles. The fourth-order valence-corrected chi connectivity index (χ4v) is 4.11. The highest BCUT2D eigenvalue weighted by molar-refractivity contribution is 7.10. The van der Waals surface area contributed by atoms with Gasteiger partial charge in [0.15, 0.2) is 0 Å². The predicted octanol–water partition coefficient (Wildman–Crippen LogP) is 3.91. The molecule has 0 bridgehead atoms. The first-order chi connectivity index (χ1) is 9.22. The van der Waals surface area contributed by atoms with E-state index in [0.717, 1.165) is 5.92 Å². The molecule has 0 spiro atoms. The van der Waals surface area contributed by atoms with Crippen LogP contribution in [-0.4, -0.2) is 31.6 Å². The molecular weight excluding hydrogens is 252 g/mol. The monoisotopic (exact) mass is 280 g/mol. The number of hydrogen-bond acceptors (Lipinski definition) is 3. The molecule has 3 atom stereocenters. The normalized spacial score (nSPS) is 26.3. The molecule has 0 aromatic carbocycles. The van der Waals surface area contributed by atoms with E-state index in [1.807, 2.05) is 11.3 Å². The Morgan fingerprint density at radius 1 is 1.37 bits per heavy atom. The second-order valence-corrected chi connectivity index (χ2v) is 6.90. The van der Waals surface area contributed by atoms with Crippen molar-refractivity contribution in [3.8, 4) is 0 Å². The van der Waals surface area contributed by atoms with E-state index in [9.17, 15) is 0 Å². The molecule has 1 fully saturated rings. The van der Waals surface area contributed by atoms with Crippen molar-refractivity contribution < 1.29 is 0 Å². The topological polar surface area (TPSA) is 15.3 Å². The summed E-state index contributed by atoms with van der Waals surface area (Å²) in [5.41, 5.74) is 0. The average Bonchev–Trinajstić information content (AvgIpc) is 2.86. The van der Waals surface area contributed by atoms with Crippen molar-refractivity contribution in [2.75, 3.05) is 20.6 Å². The Morgan fingerprint density at radius 3 is 2.84 bits per heavy atom. The first-order valence-electron chi connectivity index (χ1n) is 7.63. The van der Waals surface area contributed by atoms with Crippen LogP contribution in [0.25, 0.3) is 0 Å². The molecule has 0 radical (unpaired) electrons. The molecule has 1 aliphatic carbocycles. The van der Waals surface area contributed by atoms with Gasteiger partial charge in [0.25, 0.3) is 0 Å². The molecule has 3 heteroatoms. The van der Waals surface area contributed by atoms with Gasteiger partial charge in [-0.25, -0.2) is 0 Å². The zero-order valence-electron chi connectivity index (χ0n) is 12.6. The third-order valence-electron chi connectivity index (χ3n) is 4.67. The molecule has 1 heterocycles. The van der Waals surface area contributed by atoms with Gasteiger partial charge in [0.1, 0.15) is 0 Å². The largest absolute Gasteiger partial charge is 0.317 e. The summed E-state index contributed by atoms with van der Waals surface area (Å²) in [5.74, 6) is 0.805. The predicted molar refractivity (Wildman–Crippen MR) is 84.8 cm³/mol. The fourth-order valence-electron chi connectivity index (χ4n) is 3.26. The van der Waals surface area contributed by atoms with E-state index in [0.29, 0.717) is 12.1 Å². The zero-order chi connectivity index (χ0) is 13.7. The van der Waals surface area contributed by atoms with Crippen molar-refractivity contribution in [1.82, 2.24) is 10.2 Å². The minimum atomic E-state index is 0.542. The quantitative estimate of drug-likeness (QED) is 0.823. The van der Waals surface area contributed by atoms with E-state index in [-0.39, 0.29) is 0 Å². The van der Waals surface area contributed by atoms with Crippen LogP contribution in [0.5, 0.6) is 0 Å². The Hall–Kier alpha value is -0.380. The van der Waals surface area contributed by atoms with E-state index >= 15 is 0 Å². The second kappa shape index (κ2) is 7.41. The van der Waals surface area contributed by atoms with Crippen molar-refractivity contribution >= 4 is 11.3 Å². The Kier molecular flexibility index (Phi) is 5.86. The maximum Gasteiger partial charge on any atom is 0.0410 e. The van der Waals surface area contributed by atoms with Crippen molar-refractivity contribution in [1.29, 1.82) is 0 Å². The summed E-state index contributed by atoms with van der Waals surface area (Å²) >= 11 is 1.87. The standard InChI is InChI=1S/C16H28N2S/c1-13(16-10-7-11-19-16)18(3)12-14-8-5-4-6-9-15(14)17-2/h7,10-11,13-15,17H,4-6,8-9,12H2,1-3H3. The molecule has 1 aliphatic rings. The Bertz CT molecular complexity index is 350. The molecule has 19 heavy (non-hydrogen) atoms. The third kappa shape index (κ3) is 4.04. The van der Waals surface area contributed by atoms with Crippen LogP contribution < -0.4 is 5.32 Å². The van der Waals surface area contributed by atoms with Crippen molar-refractivity contribution in [2.45, 2.75) is 51.1 Å². The van der Waals surface area contributed by atoms with Crippen LogP contribution in [0.3, 0.4) is 0 Å². The zero-order valence-corrected chi connectivity index (χ0v) is 13.4. The highest BCUT2D eigenvalue weighted by Gasteiger charge is 2.25. The number of nitrogens with one attached hydrogen (secondary N) is 1. The van der Waals surface area contributed by atoms with E-state index in [4.69, 9.17) is 0 Å². The molecule has 1 aromatic heterocycles. The van der Waals surface area contributed by atoms with Gasteiger partial charge in [-0.05, 0) is 51.2 Å². The number of rotatable bonds is 5. The smallest absolute Gasteiger partial charge is 0.0410 e. The molecule has 0 amide bonds. The van der Waals surface area contributed by atoms with Crippen molar-refractivity contribution in [2.24, 2.45) is 5.92 Å². The van der Waals surface area contributed by atoms with Gasteiger partial charge in [0.2, 0.25) is 0 Å². The summed E-state index contributed by atoms with van der Waals surface area (Å²) < 4.78 is 0. The average molecular weight is 280 g/mol. The van der Waals surface area contributed by atoms with Crippen LogP contribution in [0.4, 0.5) is 0 Å². The highest BCUT2D eigenvalue weighted by atomic mass is 32.1. The maximum atomic E-state index is 3.55. The summed E-state index contributed by atoms with van der Waals surface area (Å²) in [5, 5.41) is 5.73. The molecule has 1 N–H and O–H groups in total. The summed E-state index contributed by atoms with van der Waals surface area (Å²) in [4.78, 5) is 4.02. The summed E-state index contributed by atoms with van der Waals surface area (Å²) in [6.07, 6.45) is 6.95. The SMILES string of the molecule is CNC1CCCCCC1CN(C)C(C)c1cccs1. The third-order valence-corrected chi connectivity index (χ3v) is 5.71. The molecule has 0 aliphatic heterocycles. The number of hydrogen-bond donors (Lipinski definition) is 1. The first kappa shape index (κ1) is 15.0. The van der Waals surface area contributed by atoms with Gasteiger partial charge >= 0.3 is 0 Å². The van der Waals surface area contributed by atoms with Gasteiger partial charge in [-0.3, -0.25) is 4.90 Å². The van der Waals surface area contributed by atoms with Gasteiger partial charge < -0.3 is 5.32 Å². The van der Waals surface area contributed by atoms with Crippen LogP contribution >= 0.6 is 11.3 Å². The van der Waals surface area contributed by atoms with Crippen LogP contribution in [-0.2, 0) is 0 Å². The molecule has 108 valence electrons. The summed E-state index contributed by atoms with van der Waals surface area (Å²) in [7, 11) is 4.41. The van der Waals surface area contributed by atoms with E-state index in [1.165, 1.54) is 43.5 Å². The number of thiophene rings is 1. The van der Waals surface area contributed by atoms with E-state index < -0.39 is 0 Å². The van der Waals surface area contributed by atoms with Crippen LogP contribution in [0.2, 0.25) is 0 Å². The lowest BCUT2D eigenvalue weighted by Crippen LogP contribution is -2.39. The van der Waals surface area contributed by atoms with Gasteiger partial charge in [0, 0.05) is 23.5 Å². The van der Waals surface area contributed by atoms with E-state index in [1.54, 1.807) is 0 Å². The second-order valence-electron chi connectivity index (χ2n) is 5.92. The molecular formula is C16H28N2S. The minimum Gasteiger partial charge on any atom is -0.317 e. The summed E-state index contributed by atoms with van der Waals surface area (Å²) in [6, 6.07) is 5.67. The van der Waals surface area contributed by atoms with Crippen molar-refractivity contribution in [3.63, 3.8) is 0 Å². The Balaban J connectivity index is 1.94. The van der Waals surface area contributed by atoms with Crippen LogP contribution in [0.1, 0.15) is 49.9 Å². The van der Waals surface area contributed by atoms with Gasteiger partial charge in [0.05, 0.1) is 0 Å².